The lowest BCUT2D eigenvalue weighted by Crippen LogP contribution is -2.05. The summed E-state index contributed by atoms with van der Waals surface area (Å²) >= 11 is 0. The highest BCUT2D eigenvalue weighted by Crippen LogP contribution is 2.18. The van der Waals surface area contributed by atoms with Crippen molar-refractivity contribution >= 4 is 5.97 Å². The van der Waals surface area contributed by atoms with Gasteiger partial charge < -0.3 is 10.2 Å². The summed E-state index contributed by atoms with van der Waals surface area (Å²) in [7, 11) is 0. The van der Waals surface area contributed by atoms with Crippen LogP contribution in [-0.2, 0) is 4.79 Å². The maximum atomic E-state index is 10.3. The minimum absolute atomic E-state index is 0.0337. The van der Waals surface area contributed by atoms with Crippen LogP contribution < -0.4 is 0 Å². The predicted octanol–water partition coefficient (Wildman–Crippen LogP) is 19.6. The topological polar surface area (TPSA) is 57.5 Å². The molecular formula is C54H110O3. The van der Waals surface area contributed by atoms with Crippen LogP contribution in [0.25, 0.3) is 0 Å². The normalized spacial score (nSPS) is 11.9. The van der Waals surface area contributed by atoms with E-state index in [1.54, 1.807) is 0 Å². The molecule has 3 nitrogen and oxygen atoms in total. The molecule has 3 heteroatoms. The molecule has 57 heavy (non-hydrogen) atoms. The van der Waals surface area contributed by atoms with E-state index in [1.165, 1.54) is 283 Å². The van der Waals surface area contributed by atoms with Gasteiger partial charge in [-0.1, -0.05) is 310 Å². The lowest BCUT2D eigenvalue weighted by Gasteiger charge is -2.10. The number of hydrogen-bond acceptors (Lipinski definition) is 2. The molecule has 0 amide bonds. The number of carboxylic acid groups (broad SMARTS) is 1. The zero-order valence-electron chi connectivity index (χ0n) is 40.0. The van der Waals surface area contributed by atoms with E-state index in [4.69, 9.17) is 5.11 Å². The number of unbranched alkanes of at least 4 members (excludes halogenated alkanes) is 43. The molecule has 0 aromatic heterocycles. The van der Waals surface area contributed by atoms with Crippen LogP contribution in [0.5, 0.6) is 0 Å². The van der Waals surface area contributed by atoms with E-state index in [0.29, 0.717) is 6.42 Å². The van der Waals surface area contributed by atoms with Crippen LogP contribution in [0.3, 0.4) is 0 Å². The van der Waals surface area contributed by atoms with Gasteiger partial charge in [-0.25, -0.2) is 0 Å². The number of carbonyl (C=O) groups is 1. The van der Waals surface area contributed by atoms with Crippen molar-refractivity contribution < 1.29 is 15.0 Å². The second-order valence-electron chi connectivity index (χ2n) is 18.6. The van der Waals surface area contributed by atoms with Gasteiger partial charge in [0.1, 0.15) is 0 Å². The van der Waals surface area contributed by atoms with Crippen molar-refractivity contribution in [2.24, 2.45) is 0 Å². The standard InChI is InChI=1S/C36H74O.C18H36O2/c1-3-5-7-9-11-13-15-17-19-21-23-25-27-29-31-33-35-36(37)34-32-30-28-26-24-22-20-18-16-14-12-10-8-6-4-2;1-2-3-4-5-6-7-8-9-10-11-12-13-14-15-16-17-18(19)20/h36-37H,3-35H2,1-2H3;2-17H2,1H3,(H,19,20). The van der Waals surface area contributed by atoms with Gasteiger partial charge >= 0.3 is 5.97 Å². The first kappa shape index (κ1) is 58.5. The van der Waals surface area contributed by atoms with Crippen molar-refractivity contribution in [1.82, 2.24) is 0 Å². The van der Waals surface area contributed by atoms with Gasteiger partial charge in [0.25, 0.3) is 0 Å². The molecule has 2 N–H and O–H groups in total. The van der Waals surface area contributed by atoms with E-state index >= 15 is 0 Å². The third kappa shape index (κ3) is 59.8. The van der Waals surface area contributed by atoms with Gasteiger partial charge in [0.2, 0.25) is 0 Å². The number of hydrogen-bond donors (Lipinski definition) is 2. The van der Waals surface area contributed by atoms with E-state index in [1.807, 2.05) is 0 Å². The highest BCUT2D eigenvalue weighted by Gasteiger charge is 2.04. The first-order chi connectivity index (χ1) is 28.1. The molecule has 1 unspecified atom stereocenters. The van der Waals surface area contributed by atoms with Crippen LogP contribution >= 0.6 is 0 Å². The summed E-state index contributed by atoms with van der Waals surface area (Å²) in [5.74, 6) is -0.653. The molecule has 0 bridgehead atoms. The van der Waals surface area contributed by atoms with Gasteiger partial charge in [-0.15, -0.1) is 0 Å². The van der Waals surface area contributed by atoms with Crippen LogP contribution in [0.1, 0.15) is 335 Å². The summed E-state index contributed by atoms with van der Waals surface area (Å²) in [6.45, 7) is 6.87. The molecule has 0 spiro atoms. The van der Waals surface area contributed by atoms with Crippen LogP contribution in [0.4, 0.5) is 0 Å². The van der Waals surface area contributed by atoms with Gasteiger partial charge in [-0.3, -0.25) is 4.79 Å². The maximum Gasteiger partial charge on any atom is 0.303 e. The Kier molecular flexibility index (Phi) is 56.9. The summed E-state index contributed by atoms with van der Waals surface area (Å²) in [5.41, 5.74) is 0. The average molecular weight is 807 g/mol. The Balaban J connectivity index is 0. The van der Waals surface area contributed by atoms with Gasteiger partial charge in [0, 0.05) is 6.42 Å². The molecule has 0 radical (unpaired) electrons. The zero-order chi connectivity index (χ0) is 41.8. The summed E-state index contributed by atoms with van der Waals surface area (Å²) in [4.78, 5) is 10.3. The third-order valence-electron chi connectivity index (χ3n) is 12.5. The number of rotatable bonds is 49. The highest BCUT2D eigenvalue weighted by molar-refractivity contribution is 5.66. The molecule has 0 rings (SSSR count). The quantitative estimate of drug-likeness (QED) is 0.0602. The second-order valence-corrected chi connectivity index (χ2v) is 18.6. The molecular weight excluding hydrogens is 697 g/mol. The Hall–Kier alpha value is -0.570. The minimum Gasteiger partial charge on any atom is -0.481 e. The highest BCUT2D eigenvalue weighted by atomic mass is 16.4. The molecule has 0 aliphatic carbocycles. The Morgan fingerprint density at radius 3 is 0.614 bits per heavy atom. The first-order valence-corrected chi connectivity index (χ1v) is 27.0. The monoisotopic (exact) mass is 807 g/mol. The summed E-state index contributed by atoms with van der Waals surface area (Å²) < 4.78 is 0. The molecule has 0 fully saturated rings. The molecule has 0 aromatic carbocycles. The fourth-order valence-electron chi connectivity index (χ4n) is 8.47. The largest absolute Gasteiger partial charge is 0.481 e. The molecule has 344 valence electrons. The lowest BCUT2D eigenvalue weighted by atomic mass is 10.0. The van der Waals surface area contributed by atoms with Gasteiger partial charge in [0.15, 0.2) is 0 Å². The van der Waals surface area contributed by atoms with Crippen molar-refractivity contribution in [2.75, 3.05) is 0 Å². The smallest absolute Gasteiger partial charge is 0.303 e. The Labute approximate surface area is 361 Å². The number of aliphatic hydroxyl groups excluding tert-OH is 1. The van der Waals surface area contributed by atoms with E-state index in [0.717, 1.165) is 25.7 Å². The van der Waals surface area contributed by atoms with Crippen molar-refractivity contribution in [2.45, 2.75) is 341 Å². The molecule has 0 saturated heterocycles. The first-order valence-electron chi connectivity index (χ1n) is 27.0. The Morgan fingerprint density at radius 2 is 0.439 bits per heavy atom. The molecule has 1 atom stereocenters. The van der Waals surface area contributed by atoms with Crippen molar-refractivity contribution in [3.05, 3.63) is 0 Å². The number of aliphatic carboxylic acids is 1. The molecule has 0 aromatic rings. The van der Waals surface area contributed by atoms with Crippen molar-refractivity contribution in [3.63, 3.8) is 0 Å². The average Bonchev–Trinajstić information content (AvgIpc) is 3.20. The van der Waals surface area contributed by atoms with Gasteiger partial charge in [0.05, 0.1) is 6.10 Å². The number of carboxylic acids is 1. The second kappa shape index (κ2) is 55.4. The maximum absolute atomic E-state index is 10.3. The summed E-state index contributed by atoms with van der Waals surface area (Å²) in [6.07, 6.45) is 66.2. The van der Waals surface area contributed by atoms with E-state index in [2.05, 4.69) is 20.8 Å². The van der Waals surface area contributed by atoms with E-state index < -0.39 is 5.97 Å². The van der Waals surface area contributed by atoms with Crippen LogP contribution in [0, 0.1) is 0 Å². The van der Waals surface area contributed by atoms with Crippen LogP contribution in [-0.4, -0.2) is 22.3 Å². The molecule has 0 heterocycles. The number of aliphatic hydroxyl groups is 1. The Morgan fingerprint density at radius 1 is 0.281 bits per heavy atom. The fraction of sp³-hybridized carbons (Fsp3) is 0.981. The van der Waals surface area contributed by atoms with Crippen LogP contribution in [0.15, 0.2) is 0 Å². The van der Waals surface area contributed by atoms with Crippen molar-refractivity contribution in [1.29, 1.82) is 0 Å². The lowest BCUT2D eigenvalue weighted by molar-refractivity contribution is -0.137. The zero-order valence-corrected chi connectivity index (χ0v) is 40.0. The van der Waals surface area contributed by atoms with Crippen LogP contribution in [0.2, 0.25) is 0 Å². The molecule has 0 aliphatic heterocycles. The predicted molar refractivity (Wildman–Crippen MR) is 257 cm³/mol. The summed E-state index contributed by atoms with van der Waals surface area (Å²) in [6, 6.07) is 0. The van der Waals surface area contributed by atoms with E-state index in [9.17, 15) is 9.90 Å². The van der Waals surface area contributed by atoms with Crippen molar-refractivity contribution in [3.8, 4) is 0 Å². The SMILES string of the molecule is CCCCCCCCCCCCCCCCCC(=O)O.CCCCCCCCCCCCCCCCCCC(O)CCCCCCCCCCCCCCCCC. The Bertz CT molecular complexity index is 692. The molecule has 0 saturated carbocycles. The third-order valence-corrected chi connectivity index (χ3v) is 12.5. The fourth-order valence-corrected chi connectivity index (χ4v) is 8.47. The molecule has 0 aliphatic rings. The van der Waals surface area contributed by atoms with Gasteiger partial charge in [-0.2, -0.15) is 0 Å². The van der Waals surface area contributed by atoms with E-state index in [-0.39, 0.29) is 6.10 Å². The van der Waals surface area contributed by atoms with Gasteiger partial charge in [-0.05, 0) is 19.3 Å². The minimum atomic E-state index is -0.653. The summed E-state index contributed by atoms with van der Waals surface area (Å²) in [5, 5.41) is 18.8.